The summed E-state index contributed by atoms with van der Waals surface area (Å²) in [6.45, 7) is 0. The molecule has 0 saturated heterocycles. The van der Waals surface area contributed by atoms with E-state index in [1.54, 1.807) is 36.4 Å². The van der Waals surface area contributed by atoms with E-state index in [9.17, 15) is 9.18 Å². The molecule has 0 saturated carbocycles. The topological polar surface area (TPSA) is 98.3 Å². The molecule has 0 spiro atoms. The normalized spacial score (nSPS) is 10.6. The maximum Gasteiger partial charge on any atom is 0.335 e. The Hall–Kier alpha value is -4.26. The summed E-state index contributed by atoms with van der Waals surface area (Å²) < 4.78 is 20.7. The van der Waals surface area contributed by atoms with Crippen molar-refractivity contribution < 1.29 is 19.0 Å². The first kappa shape index (κ1) is 19.1. The van der Waals surface area contributed by atoms with E-state index in [-0.39, 0.29) is 11.5 Å². The number of carbonyl (C=O) groups is 1. The van der Waals surface area contributed by atoms with E-state index in [0.29, 0.717) is 33.8 Å². The van der Waals surface area contributed by atoms with Crippen LogP contribution in [0.4, 0.5) is 10.3 Å². The van der Waals surface area contributed by atoms with Crippen molar-refractivity contribution in [2.45, 2.75) is 0 Å². The summed E-state index contributed by atoms with van der Waals surface area (Å²) in [5, 5.41) is 9.01. The van der Waals surface area contributed by atoms with Crippen molar-refractivity contribution in [2.24, 2.45) is 0 Å². The molecular weight excluding hydrogens is 385 g/mol. The van der Waals surface area contributed by atoms with Crippen LogP contribution in [0.25, 0.3) is 22.3 Å². The molecule has 0 fully saturated rings. The molecule has 0 bridgehead atoms. The second-order valence-corrected chi connectivity index (χ2v) is 6.45. The monoisotopic (exact) mass is 401 g/mol. The van der Waals surface area contributed by atoms with E-state index in [0.717, 1.165) is 0 Å². The number of hydrogen-bond acceptors (Lipinski definition) is 5. The Morgan fingerprint density at radius 3 is 2.27 bits per heavy atom. The van der Waals surface area contributed by atoms with Crippen molar-refractivity contribution >= 4 is 11.9 Å². The van der Waals surface area contributed by atoms with Crippen LogP contribution in [-0.2, 0) is 0 Å². The van der Waals surface area contributed by atoms with Crippen LogP contribution in [-0.4, -0.2) is 21.0 Å². The number of ether oxygens (including phenoxy) is 1. The van der Waals surface area contributed by atoms with Crippen molar-refractivity contribution in [3.63, 3.8) is 0 Å². The van der Waals surface area contributed by atoms with Gasteiger partial charge in [0.05, 0.1) is 5.56 Å². The van der Waals surface area contributed by atoms with Crippen molar-refractivity contribution in [2.75, 3.05) is 5.73 Å². The van der Waals surface area contributed by atoms with Crippen LogP contribution < -0.4 is 10.5 Å². The van der Waals surface area contributed by atoms with Gasteiger partial charge in [-0.3, -0.25) is 0 Å². The van der Waals surface area contributed by atoms with Gasteiger partial charge in [0.1, 0.15) is 17.3 Å². The molecule has 0 aliphatic rings. The predicted molar refractivity (Wildman–Crippen MR) is 111 cm³/mol. The molecule has 0 unspecified atom stereocenters. The summed E-state index contributed by atoms with van der Waals surface area (Å²) in [5.74, 6) is -0.323. The zero-order chi connectivity index (χ0) is 21.1. The van der Waals surface area contributed by atoms with Gasteiger partial charge in [-0.15, -0.1) is 0 Å². The number of nitrogens with two attached hydrogens (primary N) is 1. The molecule has 1 heterocycles. The zero-order valence-corrected chi connectivity index (χ0v) is 15.6. The van der Waals surface area contributed by atoms with E-state index in [2.05, 4.69) is 9.97 Å². The second-order valence-electron chi connectivity index (χ2n) is 6.45. The van der Waals surface area contributed by atoms with E-state index < -0.39 is 11.8 Å². The first-order chi connectivity index (χ1) is 14.5. The summed E-state index contributed by atoms with van der Waals surface area (Å²) >= 11 is 0. The Morgan fingerprint density at radius 2 is 1.60 bits per heavy atom. The highest BCUT2D eigenvalue weighted by atomic mass is 19.1. The van der Waals surface area contributed by atoms with Gasteiger partial charge >= 0.3 is 5.97 Å². The fraction of sp³-hybridized carbons (Fsp3) is 0. The number of carboxylic acids is 1. The van der Waals surface area contributed by atoms with Crippen LogP contribution >= 0.6 is 0 Å². The van der Waals surface area contributed by atoms with Crippen LogP contribution in [0.15, 0.2) is 79.1 Å². The third-order valence-corrected chi connectivity index (χ3v) is 4.48. The summed E-state index contributed by atoms with van der Waals surface area (Å²) in [4.78, 5) is 18.8. The Kier molecular flexibility index (Phi) is 5.09. The highest BCUT2D eigenvalue weighted by Crippen LogP contribution is 2.35. The van der Waals surface area contributed by atoms with Gasteiger partial charge in [-0.05, 0) is 42.0 Å². The number of para-hydroxylation sites is 1. The Labute approximate surface area is 171 Å². The maximum absolute atomic E-state index is 14.8. The van der Waals surface area contributed by atoms with Crippen molar-refractivity contribution in [3.05, 3.63) is 90.5 Å². The number of aromatic carboxylic acids is 1. The third kappa shape index (κ3) is 3.95. The number of carboxylic acid groups (broad SMARTS) is 1. The minimum atomic E-state index is -1.01. The number of anilines is 1. The lowest BCUT2D eigenvalue weighted by Gasteiger charge is -2.12. The zero-order valence-electron chi connectivity index (χ0n) is 15.6. The molecule has 0 radical (unpaired) electrons. The molecule has 0 atom stereocenters. The number of aromatic nitrogens is 2. The van der Waals surface area contributed by atoms with Crippen LogP contribution in [0.5, 0.6) is 11.5 Å². The SMILES string of the molecule is Nc1ncc(-c2ccc(-c3ccccc3Oc3ccc(C(=O)O)cc3)cc2F)cn1. The molecule has 6 nitrogen and oxygen atoms in total. The third-order valence-electron chi connectivity index (χ3n) is 4.48. The van der Waals surface area contributed by atoms with Gasteiger partial charge in [0, 0.05) is 29.1 Å². The first-order valence-corrected chi connectivity index (χ1v) is 8.99. The predicted octanol–water partition coefficient (Wildman–Crippen LogP) is 5.02. The smallest absolute Gasteiger partial charge is 0.335 e. The highest BCUT2D eigenvalue weighted by Gasteiger charge is 2.12. The average molecular weight is 401 g/mol. The number of rotatable bonds is 5. The Morgan fingerprint density at radius 1 is 0.900 bits per heavy atom. The van der Waals surface area contributed by atoms with Gasteiger partial charge in [0.2, 0.25) is 5.95 Å². The fourth-order valence-corrected chi connectivity index (χ4v) is 2.98. The first-order valence-electron chi connectivity index (χ1n) is 8.99. The molecule has 148 valence electrons. The highest BCUT2D eigenvalue weighted by molar-refractivity contribution is 5.87. The van der Waals surface area contributed by atoms with Crippen LogP contribution in [0.1, 0.15) is 10.4 Å². The summed E-state index contributed by atoms with van der Waals surface area (Å²) in [5.41, 5.74) is 7.86. The van der Waals surface area contributed by atoms with Gasteiger partial charge in [-0.2, -0.15) is 0 Å². The number of benzene rings is 3. The van der Waals surface area contributed by atoms with Gasteiger partial charge in [-0.25, -0.2) is 19.2 Å². The van der Waals surface area contributed by atoms with E-state index in [1.807, 2.05) is 12.1 Å². The number of hydrogen-bond donors (Lipinski definition) is 2. The molecule has 0 aliphatic heterocycles. The molecule has 0 aliphatic carbocycles. The van der Waals surface area contributed by atoms with Crippen molar-refractivity contribution in [1.82, 2.24) is 9.97 Å². The van der Waals surface area contributed by atoms with E-state index in [1.165, 1.54) is 30.6 Å². The second kappa shape index (κ2) is 8.00. The van der Waals surface area contributed by atoms with Gasteiger partial charge in [0.25, 0.3) is 0 Å². The summed E-state index contributed by atoms with van der Waals surface area (Å²) in [7, 11) is 0. The van der Waals surface area contributed by atoms with Crippen LogP contribution in [0.2, 0.25) is 0 Å². The van der Waals surface area contributed by atoms with Crippen LogP contribution in [0.3, 0.4) is 0 Å². The average Bonchev–Trinajstić information content (AvgIpc) is 2.75. The fourth-order valence-electron chi connectivity index (χ4n) is 2.98. The molecule has 1 aromatic heterocycles. The lowest BCUT2D eigenvalue weighted by molar-refractivity contribution is 0.0697. The molecule has 4 rings (SSSR count). The number of nitrogens with zero attached hydrogens (tertiary/aromatic N) is 2. The lowest BCUT2D eigenvalue weighted by atomic mass is 10.0. The largest absolute Gasteiger partial charge is 0.478 e. The lowest BCUT2D eigenvalue weighted by Crippen LogP contribution is -1.96. The van der Waals surface area contributed by atoms with Gasteiger partial charge < -0.3 is 15.6 Å². The van der Waals surface area contributed by atoms with Crippen molar-refractivity contribution in [1.29, 1.82) is 0 Å². The number of halogens is 1. The molecule has 4 aromatic rings. The van der Waals surface area contributed by atoms with Crippen molar-refractivity contribution in [3.8, 4) is 33.8 Å². The minimum absolute atomic E-state index is 0.123. The molecule has 0 amide bonds. The van der Waals surface area contributed by atoms with E-state index >= 15 is 0 Å². The minimum Gasteiger partial charge on any atom is -0.478 e. The van der Waals surface area contributed by atoms with Gasteiger partial charge in [-0.1, -0.05) is 30.3 Å². The molecular formula is C23H16FN3O3. The molecule has 7 heteroatoms. The Bertz CT molecular complexity index is 1210. The Balaban J connectivity index is 1.65. The standard InChI is InChI=1S/C23H16FN3O3/c24-20-11-15(7-10-18(20)16-12-26-23(25)27-13-16)19-3-1-2-4-21(19)30-17-8-5-14(6-9-17)22(28)29/h1-13H,(H,28,29)(H2,25,26,27). The molecule has 30 heavy (non-hydrogen) atoms. The number of nitrogen functional groups attached to an aromatic ring is 1. The quantitative estimate of drug-likeness (QED) is 0.487. The summed E-state index contributed by atoms with van der Waals surface area (Å²) in [6.07, 6.45) is 2.94. The molecule has 3 N–H and O–H groups in total. The summed E-state index contributed by atoms with van der Waals surface area (Å²) in [6, 6.07) is 18.1. The maximum atomic E-state index is 14.8. The van der Waals surface area contributed by atoms with Gasteiger partial charge in [0.15, 0.2) is 0 Å². The molecule has 3 aromatic carbocycles. The van der Waals surface area contributed by atoms with E-state index in [4.69, 9.17) is 15.6 Å². The van der Waals surface area contributed by atoms with Crippen LogP contribution in [0, 0.1) is 5.82 Å².